The lowest BCUT2D eigenvalue weighted by Gasteiger charge is -2.17. The lowest BCUT2D eigenvalue weighted by atomic mass is 9.97. The molecule has 1 aliphatic rings. The number of aromatic nitrogens is 1. The van der Waals surface area contributed by atoms with Gasteiger partial charge in [-0.25, -0.2) is 0 Å². The first kappa shape index (κ1) is 27.1. The molecule has 0 unspecified atom stereocenters. The van der Waals surface area contributed by atoms with Crippen LogP contribution in [0.4, 0.5) is 5.69 Å². The van der Waals surface area contributed by atoms with Crippen molar-refractivity contribution >= 4 is 40.0 Å². The number of nitrogens with zero attached hydrogens (tertiary/aromatic N) is 2. The first-order chi connectivity index (χ1) is 16.6. The zero-order valence-corrected chi connectivity index (χ0v) is 21.6. The van der Waals surface area contributed by atoms with Crippen LogP contribution >= 0.6 is 11.9 Å². The first-order valence-electron chi connectivity index (χ1n) is 11.6. The van der Waals surface area contributed by atoms with E-state index in [1.54, 1.807) is 24.1 Å². The fourth-order valence-corrected chi connectivity index (χ4v) is 4.23. The maximum absolute atomic E-state index is 12.5. The fourth-order valence-electron chi connectivity index (χ4n) is 3.44. The minimum absolute atomic E-state index is 0.199. The molecule has 0 amide bonds. The molecule has 1 aromatic heterocycles. The number of allylic oxidation sites excluding steroid dienone is 2. The third-order valence-corrected chi connectivity index (χ3v) is 5.80. The van der Waals surface area contributed by atoms with Crippen LogP contribution in [0.2, 0.25) is 0 Å². The van der Waals surface area contributed by atoms with E-state index in [1.165, 1.54) is 28.7 Å². The van der Waals surface area contributed by atoms with Gasteiger partial charge in [-0.2, -0.15) is 0 Å². The summed E-state index contributed by atoms with van der Waals surface area (Å²) in [6.45, 7) is 9.12. The van der Waals surface area contributed by atoms with Crippen molar-refractivity contribution in [1.82, 2.24) is 15.0 Å². The lowest BCUT2D eigenvalue weighted by molar-refractivity contribution is 0.0974. The average molecular weight is 479 g/mol. The SMILES string of the molecule is CC.CC.CN(C)c1cccc2c(SNCCNC3=CC(=O)c4cccnc4C3=O)cccc12. The summed E-state index contributed by atoms with van der Waals surface area (Å²) in [5, 5.41) is 5.45. The summed E-state index contributed by atoms with van der Waals surface area (Å²) < 4.78 is 3.33. The number of ketones is 2. The van der Waals surface area contributed by atoms with E-state index in [0.29, 0.717) is 24.4 Å². The molecule has 3 aromatic rings. The molecule has 4 rings (SSSR count). The molecular formula is C27H34N4O2S. The summed E-state index contributed by atoms with van der Waals surface area (Å²) in [4.78, 5) is 32.0. The molecule has 7 heteroatoms. The zero-order chi connectivity index (χ0) is 25.1. The van der Waals surface area contributed by atoms with Crippen LogP contribution in [0.3, 0.4) is 0 Å². The van der Waals surface area contributed by atoms with Crippen molar-refractivity contribution in [3.05, 3.63) is 77.8 Å². The molecule has 0 saturated carbocycles. The summed E-state index contributed by atoms with van der Waals surface area (Å²) >= 11 is 1.55. The summed E-state index contributed by atoms with van der Waals surface area (Å²) in [5.41, 5.74) is 2.04. The van der Waals surface area contributed by atoms with Gasteiger partial charge in [0.15, 0.2) is 5.78 Å². The monoisotopic (exact) mass is 478 g/mol. The molecule has 0 spiro atoms. The van der Waals surface area contributed by atoms with Crippen LogP contribution in [-0.4, -0.2) is 43.7 Å². The number of Topliss-reactive ketones (excluding diaryl/α,β-unsaturated/α-hetero) is 1. The Morgan fingerprint density at radius 2 is 1.59 bits per heavy atom. The molecule has 0 fully saturated rings. The van der Waals surface area contributed by atoms with Gasteiger partial charge in [0.05, 0.1) is 11.3 Å². The Morgan fingerprint density at radius 3 is 2.32 bits per heavy atom. The zero-order valence-electron chi connectivity index (χ0n) is 20.8. The van der Waals surface area contributed by atoms with Gasteiger partial charge in [-0.3, -0.25) is 19.3 Å². The van der Waals surface area contributed by atoms with Gasteiger partial charge < -0.3 is 10.2 Å². The Labute approximate surface area is 207 Å². The van der Waals surface area contributed by atoms with E-state index in [4.69, 9.17) is 0 Å². The van der Waals surface area contributed by atoms with E-state index in [0.717, 1.165) is 4.90 Å². The number of fused-ring (bicyclic) bond motifs is 2. The van der Waals surface area contributed by atoms with Crippen molar-refractivity contribution in [3.8, 4) is 0 Å². The van der Waals surface area contributed by atoms with Gasteiger partial charge in [-0.15, -0.1) is 0 Å². The van der Waals surface area contributed by atoms with Crippen LogP contribution in [0.5, 0.6) is 0 Å². The van der Waals surface area contributed by atoms with Crippen LogP contribution in [0.15, 0.2) is 71.4 Å². The minimum Gasteiger partial charge on any atom is -0.380 e. The molecule has 0 radical (unpaired) electrons. The Kier molecular flexibility index (Phi) is 10.8. The van der Waals surface area contributed by atoms with E-state index < -0.39 is 0 Å². The van der Waals surface area contributed by atoms with Crippen LogP contribution < -0.4 is 14.9 Å². The van der Waals surface area contributed by atoms with Crippen molar-refractivity contribution in [2.45, 2.75) is 32.6 Å². The molecule has 2 aromatic carbocycles. The number of nitrogens with one attached hydrogen (secondary N) is 2. The second-order valence-electron chi connectivity index (χ2n) is 7.10. The number of anilines is 1. The van der Waals surface area contributed by atoms with Crippen molar-refractivity contribution in [2.24, 2.45) is 0 Å². The van der Waals surface area contributed by atoms with Gasteiger partial charge in [0.25, 0.3) is 0 Å². The highest BCUT2D eigenvalue weighted by molar-refractivity contribution is 7.97. The molecule has 6 nitrogen and oxygen atoms in total. The average Bonchev–Trinajstić information content (AvgIpc) is 2.88. The van der Waals surface area contributed by atoms with Crippen molar-refractivity contribution in [2.75, 3.05) is 32.1 Å². The van der Waals surface area contributed by atoms with Crippen LogP contribution in [0.25, 0.3) is 10.8 Å². The van der Waals surface area contributed by atoms with E-state index in [9.17, 15) is 9.59 Å². The molecule has 180 valence electrons. The number of carbonyl (C=O) groups is 2. The molecule has 0 atom stereocenters. The van der Waals surface area contributed by atoms with Crippen molar-refractivity contribution < 1.29 is 9.59 Å². The smallest absolute Gasteiger partial charge is 0.228 e. The second kappa shape index (κ2) is 13.5. The van der Waals surface area contributed by atoms with Crippen LogP contribution in [0, 0.1) is 0 Å². The number of pyridine rings is 1. The van der Waals surface area contributed by atoms with E-state index in [1.807, 2.05) is 41.8 Å². The third kappa shape index (κ3) is 6.24. The normalized spacial score (nSPS) is 12.0. The highest BCUT2D eigenvalue weighted by Gasteiger charge is 2.26. The van der Waals surface area contributed by atoms with E-state index in [2.05, 4.69) is 56.3 Å². The van der Waals surface area contributed by atoms with Gasteiger partial charge in [0.1, 0.15) is 5.69 Å². The van der Waals surface area contributed by atoms with Crippen molar-refractivity contribution in [3.63, 3.8) is 0 Å². The summed E-state index contributed by atoms with van der Waals surface area (Å²) in [5.74, 6) is -0.446. The van der Waals surface area contributed by atoms with E-state index >= 15 is 0 Å². The van der Waals surface area contributed by atoms with Gasteiger partial charge >= 0.3 is 0 Å². The van der Waals surface area contributed by atoms with E-state index in [-0.39, 0.29) is 17.3 Å². The fraction of sp³-hybridized carbons (Fsp3) is 0.296. The predicted molar refractivity (Wildman–Crippen MR) is 144 cm³/mol. The molecule has 2 N–H and O–H groups in total. The first-order valence-corrected chi connectivity index (χ1v) is 12.5. The number of hydrogen-bond donors (Lipinski definition) is 2. The third-order valence-electron chi connectivity index (χ3n) is 4.87. The molecule has 0 aliphatic heterocycles. The maximum Gasteiger partial charge on any atom is 0.228 e. The van der Waals surface area contributed by atoms with Crippen molar-refractivity contribution in [1.29, 1.82) is 0 Å². The van der Waals surface area contributed by atoms with Gasteiger partial charge in [0, 0.05) is 55.4 Å². The molecule has 0 saturated heterocycles. The molecule has 1 aliphatic carbocycles. The highest BCUT2D eigenvalue weighted by Crippen LogP contribution is 2.31. The minimum atomic E-state index is -0.247. The molecular weight excluding hydrogens is 444 g/mol. The molecule has 1 heterocycles. The Bertz CT molecular complexity index is 1160. The Balaban J connectivity index is 0.000000970. The van der Waals surface area contributed by atoms with Crippen LogP contribution in [0.1, 0.15) is 48.5 Å². The summed E-state index contributed by atoms with van der Waals surface area (Å²) in [7, 11) is 4.08. The van der Waals surface area contributed by atoms with Gasteiger partial charge in [-0.05, 0) is 41.6 Å². The van der Waals surface area contributed by atoms with Gasteiger partial charge in [-0.1, -0.05) is 52.0 Å². The summed E-state index contributed by atoms with van der Waals surface area (Å²) in [6.07, 6.45) is 2.88. The lowest BCUT2D eigenvalue weighted by Crippen LogP contribution is -2.31. The quantitative estimate of drug-likeness (QED) is 0.343. The molecule has 0 bridgehead atoms. The van der Waals surface area contributed by atoms with Gasteiger partial charge in [0.2, 0.25) is 5.78 Å². The number of hydrogen-bond acceptors (Lipinski definition) is 7. The standard InChI is InChI=1S/C23H22N4O2S.2C2H6/c1-27(2)19-9-3-7-16-15(19)6-4-10-21(16)30-26-13-12-24-18-14-20(28)17-8-5-11-25-22(17)23(18)29;2*1-2/h3-11,14,24,26H,12-13H2,1-2H3;2*1-2H3. The van der Waals surface area contributed by atoms with Crippen LogP contribution in [-0.2, 0) is 0 Å². The number of carbonyl (C=O) groups excluding carboxylic acids is 2. The molecule has 34 heavy (non-hydrogen) atoms. The maximum atomic E-state index is 12.5. The number of rotatable bonds is 7. The Hall–Kier alpha value is -3.16. The second-order valence-corrected chi connectivity index (χ2v) is 8.03. The largest absolute Gasteiger partial charge is 0.380 e. The highest BCUT2D eigenvalue weighted by atomic mass is 32.2. The summed E-state index contributed by atoms with van der Waals surface area (Å²) in [6, 6.07) is 15.8. The predicted octanol–water partition coefficient (Wildman–Crippen LogP) is 5.50. The number of benzene rings is 2. The Morgan fingerprint density at radius 1 is 0.882 bits per heavy atom. The topological polar surface area (TPSA) is 74.3 Å².